The molecule has 1 aromatic rings. The zero-order valence-corrected chi connectivity index (χ0v) is 13.2. The minimum Gasteiger partial charge on any atom is -0.497 e. The molecule has 3 atom stereocenters. The van der Waals surface area contributed by atoms with E-state index in [-0.39, 0.29) is 5.41 Å². The second kappa shape index (κ2) is 6.15. The van der Waals surface area contributed by atoms with Crippen molar-refractivity contribution in [1.82, 2.24) is 4.90 Å². The zero-order valence-electron chi connectivity index (χ0n) is 13.2. The van der Waals surface area contributed by atoms with Crippen LogP contribution in [-0.4, -0.2) is 38.2 Å². The Balaban J connectivity index is 2.37. The SMILES string of the molecule is COc1ccc([C@@]2(CCN)C[C@H](C)N(C)C[C@H]2C)cc1. The van der Waals surface area contributed by atoms with Gasteiger partial charge in [-0.25, -0.2) is 0 Å². The lowest BCUT2D eigenvalue weighted by Crippen LogP contribution is -2.52. The molecule has 0 radical (unpaired) electrons. The van der Waals surface area contributed by atoms with Crippen molar-refractivity contribution in [2.75, 3.05) is 27.2 Å². The van der Waals surface area contributed by atoms with Crippen LogP contribution in [0.25, 0.3) is 0 Å². The van der Waals surface area contributed by atoms with Gasteiger partial charge in [-0.2, -0.15) is 0 Å². The topological polar surface area (TPSA) is 38.5 Å². The van der Waals surface area contributed by atoms with Gasteiger partial charge < -0.3 is 15.4 Å². The van der Waals surface area contributed by atoms with E-state index < -0.39 is 0 Å². The maximum atomic E-state index is 5.94. The van der Waals surface area contributed by atoms with E-state index in [4.69, 9.17) is 10.5 Å². The van der Waals surface area contributed by atoms with Gasteiger partial charge in [0.05, 0.1) is 7.11 Å². The van der Waals surface area contributed by atoms with Gasteiger partial charge >= 0.3 is 0 Å². The quantitative estimate of drug-likeness (QED) is 0.919. The largest absolute Gasteiger partial charge is 0.497 e. The third kappa shape index (κ3) is 2.70. The normalized spacial score (nSPS) is 31.2. The van der Waals surface area contributed by atoms with Gasteiger partial charge in [-0.3, -0.25) is 0 Å². The summed E-state index contributed by atoms with van der Waals surface area (Å²) in [7, 11) is 3.94. The molecular formula is C17H28N2O. The summed E-state index contributed by atoms with van der Waals surface area (Å²) in [6.07, 6.45) is 2.23. The summed E-state index contributed by atoms with van der Waals surface area (Å²) in [6, 6.07) is 9.19. The Morgan fingerprint density at radius 1 is 1.30 bits per heavy atom. The molecule has 0 saturated carbocycles. The Kier molecular flexibility index (Phi) is 4.71. The molecule has 3 nitrogen and oxygen atoms in total. The van der Waals surface area contributed by atoms with Crippen LogP contribution in [0.15, 0.2) is 24.3 Å². The summed E-state index contributed by atoms with van der Waals surface area (Å²) in [5, 5.41) is 0. The summed E-state index contributed by atoms with van der Waals surface area (Å²) in [5.41, 5.74) is 7.56. The maximum absolute atomic E-state index is 5.94. The van der Waals surface area contributed by atoms with Crippen molar-refractivity contribution in [3.63, 3.8) is 0 Å². The summed E-state index contributed by atoms with van der Waals surface area (Å²) >= 11 is 0. The monoisotopic (exact) mass is 276 g/mol. The van der Waals surface area contributed by atoms with Crippen molar-refractivity contribution in [2.24, 2.45) is 11.7 Å². The second-order valence-electron chi connectivity index (χ2n) is 6.32. The number of nitrogens with zero attached hydrogens (tertiary/aromatic N) is 1. The summed E-state index contributed by atoms with van der Waals surface area (Å²) in [4.78, 5) is 2.46. The van der Waals surface area contributed by atoms with E-state index in [1.165, 1.54) is 12.0 Å². The molecule has 2 rings (SSSR count). The van der Waals surface area contributed by atoms with Gasteiger partial charge in [-0.15, -0.1) is 0 Å². The Bertz CT molecular complexity index is 431. The Morgan fingerprint density at radius 3 is 2.50 bits per heavy atom. The number of likely N-dealkylation sites (tertiary alicyclic amines) is 1. The number of hydrogen-bond acceptors (Lipinski definition) is 3. The lowest BCUT2D eigenvalue weighted by atomic mass is 9.63. The van der Waals surface area contributed by atoms with Crippen LogP contribution in [0.3, 0.4) is 0 Å². The molecule has 112 valence electrons. The van der Waals surface area contributed by atoms with Gasteiger partial charge in [0.15, 0.2) is 0 Å². The van der Waals surface area contributed by atoms with Gasteiger partial charge in [0.1, 0.15) is 5.75 Å². The first-order valence-corrected chi connectivity index (χ1v) is 7.58. The minimum atomic E-state index is 0.201. The van der Waals surface area contributed by atoms with Crippen LogP contribution in [0.4, 0.5) is 0 Å². The van der Waals surface area contributed by atoms with E-state index in [2.05, 4.69) is 50.1 Å². The van der Waals surface area contributed by atoms with Crippen molar-refractivity contribution < 1.29 is 4.74 Å². The third-order valence-corrected chi connectivity index (χ3v) is 5.17. The molecule has 20 heavy (non-hydrogen) atoms. The molecule has 1 aliphatic rings. The number of nitrogens with two attached hydrogens (primary N) is 1. The van der Waals surface area contributed by atoms with Crippen molar-refractivity contribution in [1.29, 1.82) is 0 Å². The lowest BCUT2D eigenvalue weighted by Gasteiger charge is -2.49. The predicted molar refractivity (Wildman–Crippen MR) is 84.2 cm³/mol. The summed E-state index contributed by atoms with van der Waals surface area (Å²) in [6.45, 7) is 6.56. The molecule has 1 fully saturated rings. The van der Waals surface area contributed by atoms with Crippen molar-refractivity contribution in [2.45, 2.75) is 38.1 Å². The predicted octanol–water partition coefficient (Wildman–Crippen LogP) is 2.64. The number of piperidine rings is 1. The molecule has 0 unspecified atom stereocenters. The first kappa shape index (κ1) is 15.3. The first-order valence-electron chi connectivity index (χ1n) is 7.58. The van der Waals surface area contributed by atoms with Crippen LogP contribution in [0.5, 0.6) is 5.75 Å². The fraction of sp³-hybridized carbons (Fsp3) is 0.647. The number of benzene rings is 1. The molecule has 0 bridgehead atoms. The number of hydrogen-bond donors (Lipinski definition) is 1. The fourth-order valence-electron chi connectivity index (χ4n) is 3.75. The molecular weight excluding hydrogens is 248 g/mol. The molecule has 0 aromatic heterocycles. The first-order chi connectivity index (χ1) is 9.53. The van der Waals surface area contributed by atoms with Gasteiger partial charge in [-0.1, -0.05) is 19.1 Å². The second-order valence-corrected chi connectivity index (χ2v) is 6.32. The van der Waals surface area contributed by atoms with Crippen LogP contribution in [0, 0.1) is 5.92 Å². The fourth-order valence-corrected chi connectivity index (χ4v) is 3.75. The van der Waals surface area contributed by atoms with Gasteiger partial charge in [0, 0.05) is 18.0 Å². The molecule has 0 aliphatic carbocycles. The van der Waals surface area contributed by atoms with Crippen LogP contribution in [0.2, 0.25) is 0 Å². The number of methoxy groups -OCH3 is 1. The van der Waals surface area contributed by atoms with E-state index in [1.54, 1.807) is 7.11 Å². The molecule has 3 heteroatoms. The molecule has 1 aliphatic heterocycles. The average molecular weight is 276 g/mol. The summed E-state index contributed by atoms with van der Waals surface area (Å²) < 4.78 is 5.28. The van der Waals surface area contributed by atoms with E-state index in [9.17, 15) is 0 Å². The third-order valence-electron chi connectivity index (χ3n) is 5.17. The molecule has 0 amide bonds. The lowest BCUT2D eigenvalue weighted by molar-refractivity contribution is 0.0703. The smallest absolute Gasteiger partial charge is 0.118 e. The van der Waals surface area contributed by atoms with Crippen molar-refractivity contribution in [3.05, 3.63) is 29.8 Å². The molecule has 1 heterocycles. The summed E-state index contributed by atoms with van der Waals surface area (Å²) in [5.74, 6) is 1.53. The van der Waals surface area contributed by atoms with Crippen molar-refractivity contribution >= 4 is 0 Å². The average Bonchev–Trinajstić information content (AvgIpc) is 2.45. The minimum absolute atomic E-state index is 0.201. The Hall–Kier alpha value is -1.06. The van der Waals surface area contributed by atoms with Crippen LogP contribution >= 0.6 is 0 Å². The molecule has 1 aromatic carbocycles. The van der Waals surface area contributed by atoms with E-state index in [1.807, 2.05) is 0 Å². The maximum Gasteiger partial charge on any atom is 0.118 e. The number of rotatable bonds is 4. The van der Waals surface area contributed by atoms with Gasteiger partial charge in [0.25, 0.3) is 0 Å². The van der Waals surface area contributed by atoms with E-state index in [0.29, 0.717) is 12.0 Å². The van der Waals surface area contributed by atoms with E-state index in [0.717, 1.165) is 25.3 Å². The highest BCUT2D eigenvalue weighted by atomic mass is 16.5. The van der Waals surface area contributed by atoms with Gasteiger partial charge in [-0.05, 0) is 57.0 Å². The number of ether oxygens (including phenoxy) is 1. The van der Waals surface area contributed by atoms with E-state index >= 15 is 0 Å². The Morgan fingerprint density at radius 2 is 1.95 bits per heavy atom. The molecule has 2 N–H and O–H groups in total. The highest BCUT2D eigenvalue weighted by molar-refractivity contribution is 5.34. The van der Waals surface area contributed by atoms with Gasteiger partial charge in [0.2, 0.25) is 0 Å². The van der Waals surface area contributed by atoms with Crippen LogP contribution < -0.4 is 10.5 Å². The van der Waals surface area contributed by atoms with Crippen LogP contribution in [-0.2, 0) is 5.41 Å². The molecule has 1 saturated heterocycles. The molecule has 0 spiro atoms. The van der Waals surface area contributed by atoms with Crippen molar-refractivity contribution in [3.8, 4) is 5.75 Å². The highest BCUT2D eigenvalue weighted by Crippen LogP contribution is 2.44. The standard InChI is InChI=1S/C17H28N2O/c1-13-12-19(3)14(2)11-17(13,9-10-18)15-5-7-16(20-4)8-6-15/h5-8,13-14H,9-12,18H2,1-4H3/t13-,14+,17+/m1/s1. The highest BCUT2D eigenvalue weighted by Gasteiger charge is 2.43. The Labute approximate surface area is 123 Å². The van der Waals surface area contributed by atoms with Crippen LogP contribution in [0.1, 0.15) is 32.3 Å². The zero-order chi connectivity index (χ0) is 14.8.